The van der Waals surface area contributed by atoms with Crippen LogP contribution in [0.25, 0.3) is 0 Å². The van der Waals surface area contributed by atoms with E-state index < -0.39 is 17.2 Å². The summed E-state index contributed by atoms with van der Waals surface area (Å²) in [7, 11) is 0. The Morgan fingerprint density at radius 1 is 1.14 bits per heavy atom. The molecule has 4 bridgehead atoms. The van der Waals surface area contributed by atoms with Crippen molar-refractivity contribution in [3.8, 4) is 0 Å². The van der Waals surface area contributed by atoms with Crippen LogP contribution >= 0.6 is 0 Å². The van der Waals surface area contributed by atoms with Crippen LogP contribution in [0.3, 0.4) is 0 Å². The quantitative estimate of drug-likeness (QED) is 0.869. The van der Waals surface area contributed by atoms with E-state index >= 15 is 0 Å². The number of carbonyl (C=O) groups excluding carboxylic acids is 2. The zero-order valence-corrected chi connectivity index (χ0v) is 16.5. The Morgan fingerprint density at radius 2 is 1.79 bits per heavy atom. The standard InChI is InChI=1S/C22H28N2O4/c1-21(2)19(25)23(24(21)20(26)28-13-14-6-4-3-5-7-14)18-16-8-15-9-17(18)12-22(27,10-15)11-16/h3-7,15-18,27H,8-13H2,1-2H3. The molecule has 5 fully saturated rings. The van der Waals surface area contributed by atoms with Gasteiger partial charge in [0.2, 0.25) is 0 Å². The van der Waals surface area contributed by atoms with E-state index in [4.69, 9.17) is 4.74 Å². The molecule has 0 spiro atoms. The molecule has 5 aliphatic rings. The summed E-state index contributed by atoms with van der Waals surface area (Å²) in [5.74, 6) is 1.07. The molecular formula is C22H28N2O4. The maximum Gasteiger partial charge on any atom is 0.430 e. The number of hydrazine groups is 1. The summed E-state index contributed by atoms with van der Waals surface area (Å²) in [5.41, 5.74) is -0.530. The minimum atomic E-state index is -0.890. The van der Waals surface area contributed by atoms with Crippen LogP contribution in [0.4, 0.5) is 4.79 Å². The summed E-state index contributed by atoms with van der Waals surface area (Å²) in [6, 6.07) is 9.57. The molecule has 6 heteroatoms. The molecule has 4 saturated carbocycles. The first-order chi connectivity index (χ1) is 13.3. The largest absolute Gasteiger partial charge is 0.443 e. The Hall–Kier alpha value is -2.08. The molecule has 0 aromatic heterocycles. The minimum Gasteiger partial charge on any atom is -0.443 e. The fourth-order valence-corrected chi connectivity index (χ4v) is 6.41. The minimum absolute atomic E-state index is 0.00150. The van der Waals surface area contributed by atoms with Gasteiger partial charge in [0.05, 0.1) is 11.6 Å². The van der Waals surface area contributed by atoms with E-state index in [-0.39, 0.29) is 30.4 Å². The third-order valence-electron chi connectivity index (χ3n) is 7.33. The van der Waals surface area contributed by atoms with E-state index in [1.807, 2.05) is 30.3 Å². The van der Waals surface area contributed by atoms with Gasteiger partial charge in [0.15, 0.2) is 0 Å². The Bertz CT molecular complexity index is 792. The normalized spacial score (nSPS) is 37.8. The highest BCUT2D eigenvalue weighted by Gasteiger charge is 2.65. The van der Waals surface area contributed by atoms with Gasteiger partial charge in [0, 0.05) is 0 Å². The average Bonchev–Trinajstić information content (AvgIpc) is 2.64. The van der Waals surface area contributed by atoms with Crippen molar-refractivity contribution in [3.05, 3.63) is 35.9 Å². The highest BCUT2D eigenvalue weighted by Crippen LogP contribution is 2.58. The zero-order chi connectivity index (χ0) is 19.7. The first-order valence-electron chi connectivity index (χ1n) is 10.4. The number of amides is 2. The van der Waals surface area contributed by atoms with Crippen LogP contribution in [0, 0.1) is 17.8 Å². The summed E-state index contributed by atoms with van der Waals surface area (Å²) in [6.07, 6.45) is 3.99. The predicted octanol–water partition coefficient (Wildman–Crippen LogP) is 3.10. The van der Waals surface area contributed by atoms with Crippen LogP contribution in [0.15, 0.2) is 30.3 Å². The predicted molar refractivity (Wildman–Crippen MR) is 102 cm³/mol. The van der Waals surface area contributed by atoms with Crippen molar-refractivity contribution in [3.63, 3.8) is 0 Å². The lowest BCUT2D eigenvalue weighted by atomic mass is 9.52. The SMILES string of the molecule is CC1(C)C(=O)N(C2C3CC4CC2CC(O)(C4)C3)N1C(=O)OCc1ccccc1. The highest BCUT2D eigenvalue weighted by molar-refractivity contribution is 5.96. The fraction of sp³-hybridized carbons (Fsp3) is 0.636. The van der Waals surface area contributed by atoms with Crippen molar-refractivity contribution < 1.29 is 19.4 Å². The van der Waals surface area contributed by atoms with Crippen LogP contribution in [0.2, 0.25) is 0 Å². The van der Waals surface area contributed by atoms with Crippen molar-refractivity contribution in [2.45, 2.75) is 69.7 Å². The molecule has 1 aliphatic heterocycles. The molecule has 6 nitrogen and oxygen atoms in total. The number of carbonyl (C=O) groups is 2. The summed E-state index contributed by atoms with van der Waals surface area (Å²) >= 11 is 0. The maximum atomic E-state index is 13.0. The molecule has 4 aliphatic carbocycles. The molecule has 1 aromatic rings. The van der Waals surface area contributed by atoms with E-state index in [1.54, 1.807) is 18.9 Å². The molecule has 2 atom stereocenters. The van der Waals surface area contributed by atoms with E-state index in [0.717, 1.165) is 37.7 Å². The maximum absolute atomic E-state index is 13.0. The van der Waals surface area contributed by atoms with Gasteiger partial charge >= 0.3 is 6.09 Å². The average molecular weight is 384 g/mol. The van der Waals surface area contributed by atoms with Crippen molar-refractivity contribution >= 4 is 12.0 Å². The van der Waals surface area contributed by atoms with Crippen molar-refractivity contribution in [2.24, 2.45) is 17.8 Å². The molecule has 1 saturated heterocycles. The van der Waals surface area contributed by atoms with Gasteiger partial charge in [-0.1, -0.05) is 30.3 Å². The van der Waals surface area contributed by atoms with Gasteiger partial charge in [0.25, 0.3) is 5.91 Å². The van der Waals surface area contributed by atoms with Gasteiger partial charge in [-0.25, -0.2) is 14.8 Å². The smallest absolute Gasteiger partial charge is 0.430 e. The van der Waals surface area contributed by atoms with Gasteiger partial charge in [-0.2, -0.15) is 0 Å². The molecule has 2 amide bonds. The number of benzene rings is 1. The highest BCUT2D eigenvalue weighted by atomic mass is 16.6. The molecule has 1 aromatic carbocycles. The monoisotopic (exact) mass is 384 g/mol. The Morgan fingerprint density at radius 3 is 2.39 bits per heavy atom. The second-order valence-corrected chi connectivity index (χ2v) is 9.75. The second-order valence-electron chi connectivity index (χ2n) is 9.75. The molecule has 1 N–H and O–H groups in total. The summed E-state index contributed by atoms with van der Waals surface area (Å²) in [6.45, 7) is 3.74. The number of hydrogen-bond acceptors (Lipinski definition) is 4. The summed E-state index contributed by atoms with van der Waals surface area (Å²) in [5, 5.41) is 14.0. The number of hydrogen-bond donors (Lipinski definition) is 1. The van der Waals surface area contributed by atoms with Gasteiger partial charge < -0.3 is 9.84 Å². The lowest BCUT2D eigenvalue weighted by molar-refractivity contribution is -0.247. The molecule has 0 radical (unpaired) electrons. The Kier molecular flexibility index (Phi) is 3.83. The molecule has 6 rings (SSSR count). The van der Waals surface area contributed by atoms with Crippen LogP contribution in [-0.4, -0.2) is 44.3 Å². The number of aliphatic hydroxyl groups is 1. The van der Waals surface area contributed by atoms with Crippen molar-refractivity contribution in [1.82, 2.24) is 10.0 Å². The Labute approximate surface area is 165 Å². The molecule has 28 heavy (non-hydrogen) atoms. The Balaban J connectivity index is 1.35. The van der Waals surface area contributed by atoms with Gasteiger partial charge in [-0.05, 0) is 69.3 Å². The van der Waals surface area contributed by atoms with Crippen molar-refractivity contribution in [2.75, 3.05) is 0 Å². The zero-order valence-electron chi connectivity index (χ0n) is 16.5. The second kappa shape index (κ2) is 5.96. The van der Waals surface area contributed by atoms with Crippen LogP contribution in [0.1, 0.15) is 51.5 Å². The third kappa shape index (κ3) is 2.57. The van der Waals surface area contributed by atoms with E-state index in [0.29, 0.717) is 5.92 Å². The topological polar surface area (TPSA) is 70.1 Å². The number of ether oxygens (including phenoxy) is 1. The van der Waals surface area contributed by atoms with Crippen LogP contribution < -0.4 is 0 Å². The molecule has 1 heterocycles. The van der Waals surface area contributed by atoms with E-state index in [9.17, 15) is 14.7 Å². The van der Waals surface area contributed by atoms with E-state index in [2.05, 4.69) is 0 Å². The molecular weight excluding hydrogens is 356 g/mol. The number of nitrogens with zero attached hydrogens (tertiary/aromatic N) is 2. The fourth-order valence-electron chi connectivity index (χ4n) is 6.41. The molecule has 2 unspecified atom stereocenters. The molecule has 150 valence electrons. The van der Waals surface area contributed by atoms with Gasteiger partial charge in [0.1, 0.15) is 12.1 Å². The van der Waals surface area contributed by atoms with Gasteiger partial charge in [-0.3, -0.25) is 4.79 Å². The summed E-state index contributed by atoms with van der Waals surface area (Å²) in [4.78, 5) is 25.9. The number of rotatable bonds is 3. The first kappa shape index (κ1) is 18.0. The first-order valence-corrected chi connectivity index (χ1v) is 10.4. The van der Waals surface area contributed by atoms with Crippen LogP contribution in [0.5, 0.6) is 0 Å². The van der Waals surface area contributed by atoms with E-state index in [1.165, 1.54) is 5.01 Å². The lowest BCUT2D eigenvalue weighted by Gasteiger charge is -2.65. The lowest BCUT2D eigenvalue weighted by Crippen LogP contribution is -2.81. The van der Waals surface area contributed by atoms with Gasteiger partial charge in [-0.15, -0.1) is 0 Å². The van der Waals surface area contributed by atoms with Crippen LogP contribution in [-0.2, 0) is 16.1 Å². The summed E-state index contributed by atoms with van der Waals surface area (Å²) < 4.78 is 5.55. The van der Waals surface area contributed by atoms with Crippen molar-refractivity contribution in [1.29, 1.82) is 0 Å². The third-order valence-corrected chi connectivity index (χ3v) is 7.33.